The van der Waals surface area contributed by atoms with Crippen LogP contribution in [0, 0.1) is 17.7 Å². The zero-order valence-electron chi connectivity index (χ0n) is 12.2. The predicted octanol–water partition coefficient (Wildman–Crippen LogP) is 3.42. The standard InChI is InChI=1S/C16H25FN2/c1-4-18-10-14-6-5-7-15(17)16(14)19-9-8-12(2)13(3)11-19/h5-7,12-13,18H,4,8-11H2,1-3H3. The lowest BCUT2D eigenvalue weighted by molar-refractivity contribution is 0.322. The highest BCUT2D eigenvalue weighted by molar-refractivity contribution is 5.55. The number of benzene rings is 1. The molecule has 1 heterocycles. The molecule has 1 N–H and O–H groups in total. The second-order valence-corrected chi connectivity index (χ2v) is 5.72. The van der Waals surface area contributed by atoms with Gasteiger partial charge in [-0.2, -0.15) is 0 Å². The summed E-state index contributed by atoms with van der Waals surface area (Å²) in [5.74, 6) is 1.28. The summed E-state index contributed by atoms with van der Waals surface area (Å²) in [5, 5.41) is 3.30. The number of hydrogen-bond acceptors (Lipinski definition) is 2. The molecule has 0 spiro atoms. The third-order valence-electron chi connectivity index (χ3n) is 4.29. The van der Waals surface area contributed by atoms with Gasteiger partial charge in [0.1, 0.15) is 5.82 Å². The average Bonchev–Trinajstić information content (AvgIpc) is 2.40. The molecule has 1 aromatic rings. The summed E-state index contributed by atoms with van der Waals surface area (Å²) < 4.78 is 14.2. The van der Waals surface area contributed by atoms with Crippen LogP contribution in [0.4, 0.5) is 10.1 Å². The van der Waals surface area contributed by atoms with E-state index in [9.17, 15) is 4.39 Å². The second kappa shape index (κ2) is 6.38. The molecule has 1 fully saturated rings. The van der Waals surface area contributed by atoms with Gasteiger partial charge in [0.25, 0.3) is 0 Å². The molecule has 106 valence electrons. The lowest BCUT2D eigenvalue weighted by Crippen LogP contribution is -2.39. The van der Waals surface area contributed by atoms with Crippen molar-refractivity contribution in [2.24, 2.45) is 11.8 Å². The first-order valence-corrected chi connectivity index (χ1v) is 7.36. The maximum absolute atomic E-state index is 14.2. The van der Waals surface area contributed by atoms with Gasteiger partial charge in [0, 0.05) is 19.6 Å². The zero-order chi connectivity index (χ0) is 13.8. The number of nitrogens with zero attached hydrogens (tertiary/aromatic N) is 1. The number of piperidine rings is 1. The Morgan fingerprint density at radius 2 is 2.11 bits per heavy atom. The molecule has 0 bridgehead atoms. The van der Waals surface area contributed by atoms with Crippen LogP contribution in [0.5, 0.6) is 0 Å². The van der Waals surface area contributed by atoms with Crippen molar-refractivity contribution in [1.29, 1.82) is 0 Å². The molecular weight excluding hydrogens is 239 g/mol. The maximum atomic E-state index is 14.2. The monoisotopic (exact) mass is 264 g/mol. The first-order chi connectivity index (χ1) is 9.13. The number of para-hydroxylation sites is 1. The molecule has 2 rings (SSSR count). The second-order valence-electron chi connectivity index (χ2n) is 5.72. The Kier molecular flexibility index (Phi) is 4.81. The minimum absolute atomic E-state index is 0.0860. The molecule has 19 heavy (non-hydrogen) atoms. The van der Waals surface area contributed by atoms with Crippen LogP contribution in [0.3, 0.4) is 0 Å². The topological polar surface area (TPSA) is 15.3 Å². The Hall–Kier alpha value is -1.09. The first kappa shape index (κ1) is 14.3. The van der Waals surface area contributed by atoms with Gasteiger partial charge in [-0.05, 0) is 36.4 Å². The molecule has 3 heteroatoms. The van der Waals surface area contributed by atoms with Crippen molar-refractivity contribution in [3.05, 3.63) is 29.6 Å². The van der Waals surface area contributed by atoms with E-state index in [4.69, 9.17) is 0 Å². The molecule has 0 aliphatic carbocycles. The highest BCUT2D eigenvalue weighted by atomic mass is 19.1. The zero-order valence-corrected chi connectivity index (χ0v) is 12.2. The minimum Gasteiger partial charge on any atom is -0.369 e. The van der Waals surface area contributed by atoms with Gasteiger partial charge < -0.3 is 10.2 Å². The summed E-state index contributed by atoms with van der Waals surface area (Å²) in [4.78, 5) is 2.23. The van der Waals surface area contributed by atoms with Crippen LogP contribution in [-0.4, -0.2) is 19.6 Å². The van der Waals surface area contributed by atoms with Crippen LogP contribution in [0.1, 0.15) is 32.8 Å². The van der Waals surface area contributed by atoms with Crippen molar-refractivity contribution < 1.29 is 4.39 Å². The third-order valence-corrected chi connectivity index (χ3v) is 4.29. The fraction of sp³-hybridized carbons (Fsp3) is 0.625. The molecule has 0 radical (unpaired) electrons. The van der Waals surface area contributed by atoms with E-state index in [2.05, 4.69) is 31.0 Å². The van der Waals surface area contributed by atoms with Crippen LogP contribution in [-0.2, 0) is 6.54 Å². The van der Waals surface area contributed by atoms with Gasteiger partial charge >= 0.3 is 0 Å². The largest absolute Gasteiger partial charge is 0.369 e. The number of nitrogens with one attached hydrogen (secondary N) is 1. The van der Waals surface area contributed by atoms with Gasteiger partial charge in [-0.3, -0.25) is 0 Å². The summed E-state index contributed by atoms with van der Waals surface area (Å²) in [6.45, 7) is 10.2. The average molecular weight is 264 g/mol. The van der Waals surface area contributed by atoms with Crippen molar-refractivity contribution in [1.82, 2.24) is 5.32 Å². The van der Waals surface area contributed by atoms with Gasteiger partial charge in [-0.1, -0.05) is 32.9 Å². The van der Waals surface area contributed by atoms with E-state index >= 15 is 0 Å². The van der Waals surface area contributed by atoms with Crippen molar-refractivity contribution in [2.45, 2.75) is 33.7 Å². The lowest BCUT2D eigenvalue weighted by atomic mass is 9.88. The van der Waals surface area contributed by atoms with E-state index in [1.807, 2.05) is 12.1 Å². The Labute approximate surface area is 116 Å². The Morgan fingerprint density at radius 3 is 2.79 bits per heavy atom. The van der Waals surface area contributed by atoms with Gasteiger partial charge in [-0.25, -0.2) is 4.39 Å². The maximum Gasteiger partial charge on any atom is 0.146 e. The highest BCUT2D eigenvalue weighted by Crippen LogP contribution is 2.31. The molecule has 1 saturated heterocycles. The van der Waals surface area contributed by atoms with E-state index in [0.717, 1.165) is 49.8 Å². The van der Waals surface area contributed by atoms with Crippen LogP contribution in [0.25, 0.3) is 0 Å². The number of anilines is 1. The van der Waals surface area contributed by atoms with Gasteiger partial charge in [0.05, 0.1) is 5.69 Å². The fourth-order valence-corrected chi connectivity index (χ4v) is 2.78. The first-order valence-electron chi connectivity index (χ1n) is 7.36. The lowest BCUT2D eigenvalue weighted by Gasteiger charge is -2.38. The van der Waals surface area contributed by atoms with Gasteiger partial charge in [-0.15, -0.1) is 0 Å². The van der Waals surface area contributed by atoms with E-state index < -0.39 is 0 Å². The molecular formula is C16H25FN2. The Morgan fingerprint density at radius 1 is 1.32 bits per heavy atom. The minimum atomic E-state index is -0.0860. The van der Waals surface area contributed by atoms with Gasteiger partial charge in [0.2, 0.25) is 0 Å². The van der Waals surface area contributed by atoms with E-state index in [1.54, 1.807) is 6.07 Å². The SMILES string of the molecule is CCNCc1cccc(F)c1N1CCC(C)C(C)C1. The summed E-state index contributed by atoms with van der Waals surface area (Å²) in [6.07, 6.45) is 1.15. The molecule has 1 aliphatic rings. The van der Waals surface area contributed by atoms with Crippen molar-refractivity contribution >= 4 is 5.69 Å². The smallest absolute Gasteiger partial charge is 0.146 e. The number of rotatable bonds is 4. The number of hydrogen-bond donors (Lipinski definition) is 1. The highest BCUT2D eigenvalue weighted by Gasteiger charge is 2.25. The summed E-state index contributed by atoms with van der Waals surface area (Å²) in [5.41, 5.74) is 1.88. The quantitative estimate of drug-likeness (QED) is 0.896. The third kappa shape index (κ3) is 3.27. The van der Waals surface area contributed by atoms with Gasteiger partial charge in [0.15, 0.2) is 0 Å². The fourth-order valence-electron chi connectivity index (χ4n) is 2.78. The normalized spacial score (nSPS) is 23.7. The van der Waals surface area contributed by atoms with Crippen molar-refractivity contribution in [2.75, 3.05) is 24.5 Å². The summed E-state index contributed by atoms with van der Waals surface area (Å²) >= 11 is 0. The molecule has 2 unspecified atom stereocenters. The molecule has 2 nitrogen and oxygen atoms in total. The number of halogens is 1. The van der Waals surface area contributed by atoms with Crippen LogP contribution in [0.15, 0.2) is 18.2 Å². The van der Waals surface area contributed by atoms with Crippen molar-refractivity contribution in [3.63, 3.8) is 0 Å². The van der Waals surface area contributed by atoms with E-state index in [0.29, 0.717) is 5.92 Å². The molecule has 0 aromatic heterocycles. The van der Waals surface area contributed by atoms with Crippen LogP contribution < -0.4 is 10.2 Å². The van der Waals surface area contributed by atoms with Crippen LogP contribution >= 0.6 is 0 Å². The molecule has 1 aromatic carbocycles. The molecule has 1 aliphatic heterocycles. The molecule has 0 saturated carbocycles. The molecule has 0 amide bonds. The van der Waals surface area contributed by atoms with E-state index in [1.165, 1.54) is 0 Å². The van der Waals surface area contributed by atoms with Crippen molar-refractivity contribution in [3.8, 4) is 0 Å². The van der Waals surface area contributed by atoms with Crippen LogP contribution in [0.2, 0.25) is 0 Å². The molecule has 2 atom stereocenters. The summed E-state index contributed by atoms with van der Waals surface area (Å²) in [6, 6.07) is 5.42. The van der Waals surface area contributed by atoms with E-state index in [-0.39, 0.29) is 5.82 Å². The Bertz CT molecular complexity index is 419. The predicted molar refractivity (Wildman–Crippen MR) is 78.9 cm³/mol. The summed E-state index contributed by atoms with van der Waals surface area (Å²) in [7, 11) is 0. The Balaban J connectivity index is 2.22.